The Labute approximate surface area is 144 Å². The van der Waals surface area contributed by atoms with Gasteiger partial charge in [0.25, 0.3) is 0 Å². The van der Waals surface area contributed by atoms with Crippen LogP contribution in [0.15, 0.2) is 54.6 Å². The highest BCUT2D eigenvalue weighted by atomic mass is 35.5. The maximum atomic E-state index is 12.3. The molecule has 24 heavy (non-hydrogen) atoms. The fourth-order valence-corrected chi connectivity index (χ4v) is 2.43. The summed E-state index contributed by atoms with van der Waals surface area (Å²) < 4.78 is 0. The molecule has 1 aromatic heterocycles. The van der Waals surface area contributed by atoms with Crippen LogP contribution in [-0.4, -0.2) is 38.1 Å². The van der Waals surface area contributed by atoms with E-state index in [9.17, 15) is 4.79 Å². The number of halogens is 1. The third-order valence-electron chi connectivity index (χ3n) is 3.50. The molecule has 0 aliphatic rings. The third kappa shape index (κ3) is 3.97. The first-order valence-electron chi connectivity index (χ1n) is 7.43. The van der Waals surface area contributed by atoms with Crippen LogP contribution in [0.1, 0.15) is 5.56 Å². The van der Waals surface area contributed by atoms with Crippen molar-refractivity contribution in [3.05, 3.63) is 65.2 Å². The Kier molecular flexibility index (Phi) is 4.86. The van der Waals surface area contributed by atoms with E-state index in [4.69, 9.17) is 11.6 Å². The summed E-state index contributed by atoms with van der Waals surface area (Å²) in [5, 5.41) is 12.8. The lowest BCUT2D eigenvalue weighted by Crippen LogP contribution is -2.30. The van der Waals surface area contributed by atoms with Crippen LogP contribution in [-0.2, 0) is 17.9 Å². The maximum Gasteiger partial charge on any atom is 0.246 e. The van der Waals surface area contributed by atoms with Gasteiger partial charge in [-0.25, -0.2) is 0 Å². The number of carbonyl (C=O) groups excluding carboxylic acids is 1. The monoisotopic (exact) mass is 341 g/mol. The zero-order valence-electron chi connectivity index (χ0n) is 13.1. The zero-order valence-corrected chi connectivity index (χ0v) is 13.9. The van der Waals surface area contributed by atoms with Crippen molar-refractivity contribution in [3.8, 4) is 11.4 Å². The van der Waals surface area contributed by atoms with E-state index >= 15 is 0 Å². The lowest BCUT2D eigenvalue weighted by molar-refractivity contribution is -0.131. The quantitative estimate of drug-likeness (QED) is 0.715. The minimum atomic E-state index is -0.0890. The van der Waals surface area contributed by atoms with Crippen molar-refractivity contribution in [1.29, 1.82) is 0 Å². The third-order valence-corrected chi connectivity index (χ3v) is 3.74. The van der Waals surface area contributed by atoms with Gasteiger partial charge in [0.1, 0.15) is 6.54 Å². The van der Waals surface area contributed by atoms with E-state index < -0.39 is 0 Å². The molecule has 3 aromatic rings. The van der Waals surface area contributed by atoms with Gasteiger partial charge in [0, 0.05) is 24.2 Å². The molecule has 0 saturated heterocycles. The van der Waals surface area contributed by atoms with Crippen LogP contribution in [0, 0.1) is 0 Å². The molecule has 0 bridgehead atoms. The number of hydrogen-bond acceptors (Lipinski definition) is 4. The highest BCUT2D eigenvalue weighted by molar-refractivity contribution is 6.30. The molecule has 0 N–H and O–H groups in total. The molecule has 3 rings (SSSR count). The molecular weight excluding hydrogens is 326 g/mol. The summed E-state index contributed by atoms with van der Waals surface area (Å²) >= 11 is 5.96. The fraction of sp³-hybridized carbons (Fsp3) is 0.176. The normalized spacial score (nSPS) is 10.6. The van der Waals surface area contributed by atoms with Gasteiger partial charge in [0.15, 0.2) is 0 Å². The lowest BCUT2D eigenvalue weighted by atomic mass is 10.2. The van der Waals surface area contributed by atoms with Crippen LogP contribution in [0.2, 0.25) is 5.02 Å². The minimum absolute atomic E-state index is 0.0386. The number of hydrogen-bond donors (Lipinski definition) is 0. The molecular formula is C17H16ClN5O. The number of carbonyl (C=O) groups is 1. The predicted molar refractivity (Wildman–Crippen MR) is 91.2 cm³/mol. The van der Waals surface area contributed by atoms with Crippen molar-refractivity contribution in [1.82, 2.24) is 25.1 Å². The van der Waals surface area contributed by atoms with Gasteiger partial charge in [-0.15, -0.1) is 10.2 Å². The van der Waals surface area contributed by atoms with Crippen molar-refractivity contribution in [2.45, 2.75) is 13.1 Å². The van der Waals surface area contributed by atoms with Crippen LogP contribution in [0.4, 0.5) is 0 Å². The predicted octanol–water partition coefficient (Wildman–Crippen LogP) is 2.65. The van der Waals surface area contributed by atoms with E-state index in [0.717, 1.165) is 11.1 Å². The van der Waals surface area contributed by atoms with Gasteiger partial charge in [-0.05, 0) is 22.9 Å². The van der Waals surface area contributed by atoms with Crippen molar-refractivity contribution in [2.75, 3.05) is 7.05 Å². The van der Waals surface area contributed by atoms with Crippen LogP contribution < -0.4 is 0 Å². The summed E-state index contributed by atoms with van der Waals surface area (Å²) in [4.78, 5) is 15.2. The molecule has 0 spiro atoms. The molecule has 6 nitrogen and oxygen atoms in total. The summed E-state index contributed by atoms with van der Waals surface area (Å²) in [5.74, 6) is 0.352. The van der Waals surface area contributed by atoms with Gasteiger partial charge < -0.3 is 4.90 Å². The second-order valence-corrected chi connectivity index (χ2v) is 5.83. The minimum Gasteiger partial charge on any atom is -0.340 e. The number of tetrazole rings is 1. The largest absolute Gasteiger partial charge is 0.340 e. The summed E-state index contributed by atoms with van der Waals surface area (Å²) in [7, 11) is 1.75. The molecule has 1 heterocycles. The first kappa shape index (κ1) is 16.1. The molecule has 2 aromatic carbocycles. The Morgan fingerprint density at radius 3 is 2.71 bits per heavy atom. The van der Waals surface area contributed by atoms with Crippen molar-refractivity contribution in [2.24, 2.45) is 0 Å². The number of benzene rings is 2. The van der Waals surface area contributed by atoms with Crippen molar-refractivity contribution in [3.63, 3.8) is 0 Å². The fourth-order valence-electron chi connectivity index (χ4n) is 2.24. The molecule has 0 radical (unpaired) electrons. The smallest absolute Gasteiger partial charge is 0.246 e. The zero-order chi connectivity index (χ0) is 16.9. The molecule has 0 atom stereocenters. The van der Waals surface area contributed by atoms with Crippen molar-refractivity contribution >= 4 is 17.5 Å². The number of aromatic nitrogens is 4. The average molecular weight is 342 g/mol. The second-order valence-electron chi connectivity index (χ2n) is 5.39. The van der Waals surface area contributed by atoms with E-state index in [1.54, 1.807) is 24.1 Å². The highest BCUT2D eigenvalue weighted by Gasteiger charge is 2.13. The maximum absolute atomic E-state index is 12.3. The standard InChI is InChI=1S/C17H16ClN5O/c1-22(11-13-6-3-2-4-7-13)16(24)12-23-20-17(19-21-23)14-8-5-9-15(18)10-14/h2-10H,11-12H2,1H3. The van der Waals surface area contributed by atoms with Crippen molar-refractivity contribution < 1.29 is 4.79 Å². The van der Waals surface area contributed by atoms with Gasteiger partial charge in [-0.2, -0.15) is 4.80 Å². The Bertz CT molecular complexity index is 834. The molecule has 0 aliphatic carbocycles. The molecule has 122 valence electrons. The van der Waals surface area contributed by atoms with Gasteiger partial charge in [0.05, 0.1) is 0 Å². The van der Waals surface area contributed by atoms with E-state index in [2.05, 4.69) is 15.4 Å². The SMILES string of the molecule is CN(Cc1ccccc1)C(=O)Cn1nnc(-c2cccc(Cl)c2)n1. The first-order chi connectivity index (χ1) is 11.6. The molecule has 0 saturated carbocycles. The highest BCUT2D eigenvalue weighted by Crippen LogP contribution is 2.18. The van der Waals surface area contributed by atoms with Crippen LogP contribution >= 0.6 is 11.6 Å². The second kappa shape index (κ2) is 7.23. The number of likely N-dealkylation sites (N-methyl/N-ethyl adjacent to an activating group) is 1. The van der Waals surface area contributed by atoms with Crippen LogP contribution in [0.25, 0.3) is 11.4 Å². The summed E-state index contributed by atoms with van der Waals surface area (Å²) in [6.45, 7) is 0.576. The van der Waals surface area contributed by atoms with E-state index in [-0.39, 0.29) is 12.5 Å². The van der Waals surface area contributed by atoms with Gasteiger partial charge in [0.2, 0.25) is 11.7 Å². The number of rotatable bonds is 5. The summed E-state index contributed by atoms with van der Waals surface area (Å²) in [5.41, 5.74) is 1.83. The van der Waals surface area contributed by atoms with Gasteiger partial charge in [-0.1, -0.05) is 54.1 Å². The lowest BCUT2D eigenvalue weighted by Gasteiger charge is -2.16. The average Bonchev–Trinajstić information content (AvgIpc) is 3.04. The van der Waals surface area contributed by atoms with Crippen LogP contribution in [0.5, 0.6) is 0 Å². The Hall–Kier alpha value is -2.73. The van der Waals surface area contributed by atoms with E-state index in [1.807, 2.05) is 42.5 Å². The van der Waals surface area contributed by atoms with Gasteiger partial charge in [-0.3, -0.25) is 4.79 Å². The molecule has 7 heteroatoms. The number of nitrogens with zero attached hydrogens (tertiary/aromatic N) is 5. The van der Waals surface area contributed by atoms with E-state index in [0.29, 0.717) is 17.4 Å². The Balaban J connectivity index is 1.65. The topological polar surface area (TPSA) is 63.9 Å². The Morgan fingerprint density at radius 2 is 1.96 bits per heavy atom. The number of amides is 1. The summed E-state index contributed by atoms with van der Waals surface area (Å²) in [6.07, 6.45) is 0. The molecule has 0 unspecified atom stereocenters. The molecule has 0 fully saturated rings. The first-order valence-corrected chi connectivity index (χ1v) is 7.81. The Morgan fingerprint density at radius 1 is 1.17 bits per heavy atom. The van der Waals surface area contributed by atoms with Crippen LogP contribution in [0.3, 0.4) is 0 Å². The summed E-state index contributed by atoms with van der Waals surface area (Å²) in [6, 6.07) is 17.0. The molecule has 1 amide bonds. The molecule has 0 aliphatic heterocycles. The van der Waals surface area contributed by atoms with E-state index in [1.165, 1.54) is 4.80 Å². The van der Waals surface area contributed by atoms with Gasteiger partial charge >= 0.3 is 0 Å².